The number of guanidine groups is 1. The fourth-order valence-electron chi connectivity index (χ4n) is 2.09. The van der Waals surface area contributed by atoms with E-state index in [0.29, 0.717) is 25.7 Å². The molecule has 0 unspecified atom stereocenters. The van der Waals surface area contributed by atoms with Crippen LogP contribution in [-0.4, -0.2) is 32.8 Å². The number of para-hydroxylation sites is 1. The van der Waals surface area contributed by atoms with Crippen molar-refractivity contribution in [2.75, 3.05) is 20.2 Å². The van der Waals surface area contributed by atoms with Crippen LogP contribution in [0.4, 0.5) is 8.78 Å². The zero-order valence-corrected chi connectivity index (χ0v) is 16.7. The quantitative estimate of drug-likeness (QED) is 0.264. The van der Waals surface area contributed by atoms with Crippen LogP contribution in [0.2, 0.25) is 0 Å². The first-order valence-corrected chi connectivity index (χ1v) is 7.83. The second-order valence-electron chi connectivity index (χ2n) is 5.04. The Balaban J connectivity index is 0.00000338. The van der Waals surface area contributed by atoms with Crippen LogP contribution >= 0.6 is 24.0 Å². The Morgan fingerprint density at radius 3 is 2.46 bits per heavy atom. The van der Waals surface area contributed by atoms with Gasteiger partial charge in [-0.15, -0.1) is 24.0 Å². The number of nitrogens with zero attached hydrogens (tertiary/aromatic N) is 1. The van der Waals surface area contributed by atoms with E-state index < -0.39 is 6.61 Å². The Morgan fingerprint density at radius 2 is 1.77 bits per heavy atom. The van der Waals surface area contributed by atoms with E-state index in [-0.39, 0.29) is 29.7 Å². The lowest BCUT2D eigenvalue weighted by molar-refractivity contribution is -0.0498. The zero-order valence-electron chi connectivity index (χ0n) is 14.3. The lowest BCUT2D eigenvalue weighted by Crippen LogP contribution is -2.38. The van der Waals surface area contributed by atoms with Gasteiger partial charge < -0.3 is 20.1 Å². The summed E-state index contributed by atoms with van der Waals surface area (Å²) in [6.07, 6.45) is 0. The number of hydrogen-bond acceptors (Lipinski definition) is 3. The van der Waals surface area contributed by atoms with E-state index in [0.717, 1.165) is 11.3 Å². The number of benzene rings is 2. The Kier molecular flexibility index (Phi) is 10.4. The van der Waals surface area contributed by atoms with Gasteiger partial charge in [0.1, 0.15) is 18.1 Å². The summed E-state index contributed by atoms with van der Waals surface area (Å²) >= 11 is 0. The van der Waals surface area contributed by atoms with Crippen LogP contribution in [0.3, 0.4) is 0 Å². The highest BCUT2D eigenvalue weighted by atomic mass is 127. The minimum absolute atomic E-state index is 0. The minimum atomic E-state index is -2.83. The molecule has 0 aliphatic heterocycles. The SMILES string of the molecule is CN=C(NCCOc1ccccc1)NCc1cccc(OC(F)F)c1.I. The standard InChI is InChI=1S/C18H21F2N3O2.HI/c1-21-18(22-10-11-24-15-7-3-2-4-8-15)23-13-14-6-5-9-16(12-14)25-17(19)20;/h2-9,12,17H,10-11,13H2,1H3,(H2,21,22,23);1H. The third-order valence-corrected chi connectivity index (χ3v) is 3.21. The van der Waals surface area contributed by atoms with Gasteiger partial charge in [0.05, 0.1) is 6.54 Å². The topological polar surface area (TPSA) is 54.9 Å². The van der Waals surface area contributed by atoms with Gasteiger partial charge in [-0.2, -0.15) is 8.78 Å². The van der Waals surface area contributed by atoms with Gasteiger partial charge in [-0.05, 0) is 29.8 Å². The van der Waals surface area contributed by atoms with Gasteiger partial charge in [-0.1, -0.05) is 30.3 Å². The van der Waals surface area contributed by atoms with Gasteiger partial charge in [0, 0.05) is 13.6 Å². The molecule has 0 saturated heterocycles. The van der Waals surface area contributed by atoms with E-state index in [2.05, 4.69) is 20.4 Å². The molecule has 0 heterocycles. The van der Waals surface area contributed by atoms with Crippen molar-refractivity contribution in [2.45, 2.75) is 13.2 Å². The number of aliphatic imine (C=N–C) groups is 1. The molecule has 0 saturated carbocycles. The number of rotatable bonds is 8. The first-order valence-electron chi connectivity index (χ1n) is 7.83. The number of alkyl halides is 2. The van der Waals surface area contributed by atoms with Crippen LogP contribution in [0.5, 0.6) is 11.5 Å². The molecule has 2 aromatic carbocycles. The molecule has 142 valence electrons. The summed E-state index contributed by atoms with van der Waals surface area (Å²) in [5, 5.41) is 6.22. The summed E-state index contributed by atoms with van der Waals surface area (Å²) in [7, 11) is 1.66. The lowest BCUT2D eigenvalue weighted by atomic mass is 10.2. The molecule has 2 rings (SSSR count). The van der Waals surface area contributed by atoms with Crippen molar-refractivity contribution in [3.05, 3.63) is 60.2 Å². The zero-order chi connectivity index (χ0) is 17.9. The lowest BCUT2D eigenvalue weighted by Gasteiger charge is -2.13. The maximum atomic E-state index is 12.2. The summed E-state index contributed by atoms with van der Waals surface area (Å²) in [5.41, 5.74) is 0.807. The van der Waals surface area contributed by atoms with Gasteiger partial charge in [-0.25, -0.2) is 0 Å². The van der Waals surface area contributed by atoms with Gasteiger partial charge in [0.15, 0.2) is 5.96 Å². The highest BCUT2D eigenvalue weighted by molar-refractivity contribution is 14.0. The van der Waals surface area contributed by atoms with Crippen LogP contribution in [0.25, 0.3) is 0 Å². The molecule has 0 aliphatic carbocycles. The number of nitrogens with one attached hydrogen (secondary N) is 2. The van der Waals surface area contributed by atoms with Crippen LogP contribution in [-0.2, 0) is 6.54 Å². The van der Waals surface area contributed by atoms with Crippen molar-refractivity contribution in [1.82, 2.24) is 10.6 Å². The second-order valence-corrected chi connectivity index (χ2v) is 5.04. The van der Waals surface area contributed by atoms with Gasteiger partial charge in [0.25, 0.3) is 0 Å². The smallest absolute Gasteiger partial charge is 0.387 e. The number of ether oxygens (including phenoxy) is 2. The number of halogens is 3. The van der Waals surface area contributed by atoms with E-state index in [4.69, 9.17) is 4.74 Å². The highest BCUT2D eigenvalue weighted by Crippen LogP contribution is 2.15. The summed E-state index contributed by atoms with van der Waals surface area (Å²) in [6.45, 7) is -1.34. The van der Waals surface area contributed by atoms with Gasteiger partial charge in [-0.3, -0.25) is 4.99 Å². The van der Waals surface area contributed by atoms with E-state index in [9.17, 15) is 8.78 Å². The van der Waals surface area contributed by atoms with Crippen molar-refractivity contribution >= 4 is 29.9 Å². The normalized spacial score (nSPS) is 10.8. The Labute approximate surface area is 168 Å². The molecule has 0 aromatic heterocycles. The monoisotopic (exact) mass is 477 g/mol. The van der Waals surface area contributed by atoms with Gasteiger partial charge in [0.2, 0.25) is 0 Å². The van der Waals surface area contributed by atoms with Crippen molar-refractivity contribution in [1.29, 1.82) is 0 Å². The third kappa shape index (κ3) is 8.32. The maximum Gasteiger partial charge on any atom is 0.387 e. The maximum absolute atomic E-state index is 12.2. The Bertz CT molecular complexity index is 672. The van der Waals surface area contributed by atoms with E-state index >= 15 is 0 Å². The Hall–Kier alpha value is -2.10. The molecule has 2 aromatic rings. The molecule has 5 nitrogen and oxygen atoms in total. The molecule has 2 N–H and O–H groups in total. The first kappa shape index (κ1) is 21.9. The molecule has 8 heteroatoms. The third-order valence-electron chi connectivity index (χ3n) is 3.21. The summed E-state index contributed by atoms with van der Waals surface area (Å²) < 4.78 is 34.4. The fourth-order valence-corrected chi connectivity index (χ4v) is 2.09. The first-order chi connectivity index (χ1) is 12.2. The highest BCUT2D eigenvalue weighted by Gasteiger charge is 2.05. The van der Waals surface area contributed by atoms with Crippen LogP contribution in [0.15, 0.2) is 59.6 Å². The molecule has 0 spiro atoms. The van der Waals surface area contributed by atoms with Crippen molar-refractivity contribution in [2.24, 2.45) is 4.99 Å². The summed E-state index contributed by atoms with van der Waals surface area (Å²) in [6, 6.07) is 16.1. The average Bonchev–Trinajstić information content (AvgIpc) is 2.62. The largest absolute Gasteiger partial charge is 0.492 e. The predicted octanol–water partition coefficient (Wildman–Crippen LogP) is 3.65. The van der Waals surface area contributed by atoms with Gasteiger partial charge >= 0.3 is 6.61 Å². The Morgan fingerprint density at radius 1 is 1.04 bits per heavy atom. The van der Waals surface area contributed by atoms with Crippen molar-refractivity contribution < 1.29 is 18.3 Å². The van der Waals surface area contributed by atoms with Crippen LogP contribution < -0.4 is 20.1 Å². The average molecular weight is 477 g/mol. The van der Waals surface area contributed by atoms with Crippen LogP contribution in [0, 0.1) is 0 Å². The molecular weight excluding hydrogens is 455 g/mol. The van der Waals surface area contributed by atoms with Crippen molar-refractivity contribution in [3.8, 4) is 11.5 Å². The minimum Gasteiger partial charge on any atom is -0.492 e. The second kappa shape index (κ2) is 12.3. The molecule has 0 bridgehead atoms. The van der Waals surface area contributed by atoms with Crippen LogP contribution in [0.1, 0.15) is 5.56 Å². The van der Waals surface area contributed by atoms with E-state index in [1.54, 1.807) is 19.2 Å². The fraction of sp³-hybridized carbons (Fsp3) is 0.278. The predicted molar refractivity (Wildman–Crippen MR) is 109 cm³/mol. The number of hydrogen-bond donors (Lipinski definition) is 2. The molecule has 0 amide bonds. The molecule has 0 radical (unpaired) electrons. The summed E-state index contributed by atoms with van der Waals surface area (Å²) in [5.74, 6) is 1.54. The molecule has 0 atom stereocenters. The molecule has 26 heavy (non-hydrogen) atoms. The van der Waals surface area contributed by atoms with Crippen molar-refractivity contribution in [3.63, 3.8) is 0 Å². The molecular formula is C18H22F2IN3O2. The summed E-state index contributed by atoms with van der Waals surface area (Å²) in [4.78, 5) is 4.11. The van der Waals surface area contributed by atoms with E-state index in [1.807, 2.05) is 36.4 Å². The van der Waals surface area contributed by atoms with E-state index in [1.165, 1.54) is 6.07 Å². The molecule has 0 fully saturated rings. The molecule has 0 aliphatic rings.